The zero-order valence-electron chi connectivity index (χ0n) is 10.1. The number of alkyl halides is 3. The van der Waals surface area contributed by atoms with Gasteiger partial charge in [-0.25, -0.2) is 0 Å². The summed E-state index contributed by atoms with van der Waals surface area (Å²) in [4.78, 5) is 0. The molecule has 0 heterocycles. The fraction of sp³-hybridized carbons (Fsp3) is 0.500. The Morgan fingerprint density at radius 2 is 2.06 bits per heavy atom. The van der Waals surface area contributed by atoms with Gasteiger partial charge in [-0.3, -0.25) is 0 Å². The number of halogens is 3. The van der Waals surface area contributed by atoms with E-state index in [1.807, 2.05) is 6.92 Å². The van der Waals surface area contributed by atoms with E-state index in [9.17, 15) is 13.2 Å². The van der Waals surface area contributed by atoms with Crippen LogP contribution in [-0.4, -0.2) is 17.8 Å². The van der Waals surface area contributed by atoms with Gasteiger partial charge in [0.25, 0.3) is 0 Å². The Balaban J connectivity index is 2.91. The van der Waals surface area contributed by atoms with Crippen molar-refractivity contribution in [3.8, 4) is 0 Å². The van der Waals surface area contributed by atoms with Gasteiger partial charge in [-0.1, -0.05) is 6.92 Å². The van der Waals surface area contributed by atoms with Gasteiger partial charge < -0.3 is 16.2 Å². The highest BCUT2D eigenvalue weighted by Crippen LogP contribution is 2.35. The van der Waals surface area contributed by atoms with Crippen LogP contribution in [0.15, 0.2) is 18.2 Å². The number of nitrogens with one attached hydrogen (secondary N) is 1. The number of aliphatic hydroxyl groups is 1. The molecule has 18 heavy (non-hydrogen) atoms. The maximum absolute atomic E-state index is 12.6. The van der Waals surface area contributed by atoms with Gasteiger partial charge in [-0.2, -0.15) is 13.2 Å². The largest absolute Gasteiger partial charge is 0.418 e. The molecule has 1 unspecified atom stereocenters. The minimum absolute atomic E-state index is 0.00733. The first-order chi connectivity index (χ1) is 8.38. The molecule has 0 aliphatic carbocycles. The number of nitrogens with two attached hydrogens (primary N) is 1. The van der Waals surface area contributed by atoms with E-state index in [4.69, 9.17) is 10.8 Å². The van der Waals surface area contributed by atoms with Crippen LogP contribution in [0, 0.1) is 0 Å². The van der Waals surface area contributed by atoms with Crippen LogP contribution in [0.3, 0.4) is 0 Å². The lowest BCUT2D eigenvalue weighted by Crippen LogP contribution is -2.20. The molecule has 1 rings (SSSR count). The number of aliphatic hydroxyl groups excluding tert-OH is 1. The third-order valence-electron chi connectivity index (χ3n) is 2.70. The monoisotopic (exact) mass is 262 g/mol. The standard InChI is InChI=1S/C12H17F3N2O/c1-2-8(5-6-18)17-9-3-4-11(16)10(7-9)12(13,14)15/h3-4,7-8,17-18H,2,5-6,16H2,1H3. The first kappa shape index (κ1) is 14.6. The molecule has 0 spiro atoms. The predicted molar refractivity (Wildman–Crippen MR) is 65.3 cm³/mol. The van der Waals surface area contributed by atoms with Crippen LogP contribution in [0.1, 0.15) is 25.3 Å². The first-order valence-corrected chi connectivity index (χ1v) is 5.72. The highest BCUT2D eigenvalue weighted by Gasteiger charge is 2.33. The summed E-state index contributed by atoms with van der Waals surface area (Å²) in [6.07, 6.45) is -3.25. The summed E-state index contributed by atoms with van der Waals surface area (Å²) < 4.78 is 37.9. The Hall–Kier alpha value is -1.43. The van der Waals surface area contributed by atoms with Crippen LogP contribution < -0.4 is 11.1 Å². The van der Waals surface area contributed by atoms with Gasteiger partial charge in [0.05, 0.1) is 5.56 Å². The molecule has 0 amide bonds. The molecule has 0 bridgehead atoms. The van der Waals surface area contributed by atoms with Crippen molar-refractivity contribution in [2.45, 2.75) is 32.0 Å². The van der Waals surface area contributed by atoms with Gasteiger partial charge in [-0.15, -0.1) is 0 Å². The minimum atomic E-state index is -4.46. The van der Waals surface area contributed by atoms with Crippen LogP contribution >= 0.6 is 0 Å². The van der Waals surface area contributed by atoms with Crippen molar-refractivity contribution in [3.63, 3.8) is 0 Å². The van der Waals surface area contributed by atoms with Gasteiger partial charge in [0.15, 0.2) is 0 Å². The molecule has 0 aliphatic heterocycles. The molecule has 3 nitrogen and oxygen atoms in total. The summed E-state index contributed by atoms with van der Waals surface area (Å²) in [5, 5.41) is 11.8. The van der Waals surface area contributed by atoms with Gasteiger partial charge in [0, 0.05) is 24.0 Å². The quantitative estimate of drug-likeness (QED) is 0.715. The topological polar surface area (TPSA) is 58.3 Å². The highest BCUT2D eigenvalue weighted by molar-refractivity contribution is 5.58. The van der Waals surface area contributed by atoms with Crippen LogP contribution in [0.5, 0.6) is 0 Å². The zero-order chi connectivity index (χ0) is 13.8. The molecule has 0 saturated carbocycles. The second-order valence-electron chi connectivity index (χ2n) is 4.06. The van der Waals surface area contributed by atoms with Crippen LogP contribution in [-0.2, 0) is 6.18 Å². The van der Waals surface area contributed by atoms with E-state index in [0.717, 1.165) is 6.07 Å². The smallest absolute Gasteiger partial charge is 0.398 e. The van der Waals surface area contributed by atoms with Crippen molar-refractivity contribution in [2.24, 2.45) is 0 Å². The summed E-state index contributed by atoms with van der Waals surface area (Å²) in [7, 11) is 0. The second-order valence-corrected chi connectivity index (χ2v) is 4.06. The average molecular weight is 262 g/mol. The third kappa shape index (κ3) is 3.80. The van der Waals surface area contributed by atoms with Crippen molar-refractivity contribution >= 4 is 11.4 Å². The maximum Gasteiger partial charge on any atom is 0.418 e. The van der Waals surface area contributed by atoms with Crippen LogP contribution in [0.25, 0.3) is 0 Å². The molecule has 1 aromatic rings. The number of anilines is 2. The lowest BCUT2D eigenvalue weighted by Gasteiger charge is -2.19. The summed E-state index contributed by atoms with van der Waals surface area (Å²) in [6.45, 7) is 1.89. The van der Waals surface area contributed by atoms with E-state index < -0.39 is 11.7 Å². The van der Waals surface area contributed by atoms with Crippen LogP contribution in [0.2, 0.25) is 0 Å². The summed E-state index contributed by atoms with van der Waals surface area (Å²) in [5.41, 5.74) is 4.54. The van der Waals surface area contributed by atoms with Gasteiger partial charge >= 0.3 is 6.18 Å². The Kier molecular flexibility index (Phi) is 4.84. The van der Waals surface area contributed by atoms with Crippen LogP contribution in [0.4, 0.5) is 24.5 Å². The van der Waals surface area contributed by atoms with Gasteiger partial charge in [0.2, 0.25) is 0 Å². The van der Waals surface area contributed by atoms with E-state index in [2.05, 4.69) is 5.32 Å². The molecule has 4 N–H and O–H groups in total. The van der Waals surface area contributed by atoms with Gasteiger partial charge in [-0.05, 0) is 31.0 Å². The summed E-state index contributed by atoms with van der Waals surface area (Å²) >= 11 is 0. The molecule has 6 heteroatoms. The lowest BCUT2D eigenvalue weighted by atomic mass is 10.1. The van der Waals surface area contributed by atoms with E-state index in [1.165, 1.54) is 12.1 Å². The first-order valence-electron chi connectivity index (χ1n) is 5.72. The normalized spacial score (nSPS) is 13.4. The molecule has 102 valence electrons. The van der Waals surface area contributed by atoms with Crippen molar-refractivity contribution in [1.82, 2.24) is 0 Å². The molecular weight excluding hydrogens is 245 g/mol. The van der Waals surface area contributed by atoms with E-state index in [0.29, 0.717) is 18.5 Å². The molecule has 0 radical (unpaired) electrons. The van der Waals surface area contributed by atoms with E-state index in [1.54, 1.807) is 0 Å². The number of hydrogen-bond donors (Lipinski definition) is 3. The van der Waals surface area contributed by atoms with Crippen molar-refractivity contribution < 1.29 is 18.3 Å². The summed E-state index contributed by atoms with van der Waals surface area (Å²) in [5.74, 6) is 0. The van der Waals surface area contributed by atoms with E-state index >= 15 is 0 Å². The van der Waals surface area contributed by atoms with Crippen molar-refractivity contribution in [2.75, 3.05) is 17.7 Å². The number of nitrogen functional groups attached to an aromatic ring is 1. The van der Waals surface area contributed by atoms with Crippen molar-refractivity contribution in [1.29, 1.82) is 0 Å². The molecule has 0 aliphatic rings. The number of rotatable bonds is 5. The van der Waals surface area contributed by atoms with E-state index in [-0.39, 0.29) is 18.3 Å². The second kappa shape index (κ2) is 5.95. The van der Waals surface area contributed by atoms with Gasteiger partial charge in [0.1, 0.15) is 0 Å². The Bertz CT molecular complexity index is 393. The molecular formula is C12H17F3N2O. The molecule has 0 fully saturated rings. The third-order valence-corrected chi connectivity index (χ3v) is 2.70. The highest BCUT2D eigenvalue weighted by atomic mass is 19.4. The van der Waals surface area contributed by atoms with Crippen molar-refractivity contribution in [3.05, 3.63) is 23.8 Å². The molecule has 0 saturated heterocycles. The minimum Gasteiger partial charge on any atom is -0.398 e. The number of benzene rings is 1. The Morgan fingerprint density at radius 3 is 2.56 bits per heavy atom. The molecule has 0 aromatic heterocycles. The Labute approximate surface area is 104 Å². The fourth-order valence-electron chi connectivity index (χ4n) is 1.66. The molecule has 1 aromatic carbocycles. The maximum atomic E-state index is 12.6. The fourth-order valence-corrected chi connectivity index (χ4v) is 1.66. The lowest BCUT2D eigenvalue weighted by molar-refractivity contribution is -0.136. The predicted octanol–water partition coefficient (Wildman–Crippen LogP) is 2.86. The Morgan fingerprint density at radius 1 is 1.39 bits per heavy atom. The molecule has 1 atom stereocenters. The zero-order valence-corrected chi connectivity index (χ0v) is 10.1. The number of hydrogen-bond acceptors (Lipinski definition) is 3. The SMILES string of the molecule is CCC(CCO)Nc1ccc(N)c(C(F)(F)F)c1. The summed E-state index contributed by atoms with van der Waals surface area (Å²) in [6, 6.07) is 3.68. The average Bonchev–Trinajstić information content (AvgIpc) is 2.29.